The van der Waals surface area contributed by atoms with Crippen LogP contribution in [0.25, 0.3) is 0 Å². The predicted octanol–water partition coefficient (Wildman–Crippen LogP) is 4.01. The Morgan fingerprint density at radius 3 is 2.58 bits per heavy atom. The van der Waals surface area contributed by atoms with Gasteiger partial charge in [-0.3, -0.25) is 0 Å². The monoisotopic (exact) mass is 254 g/mol. The smallest absolute Gasteiger partial charge is 0.127 e. The molecule has 0 aliphatic heterocycles. The van der Waals surface area contributed by atoms with Gasteiger partial charge in [0, 0.05) is 5.56 Å². The maximum absolute atomic E-state index is 9.83. The molecule has 0 bridgehead atoms. The molecule has 0 aliphatic rings. The maximum atomic E-state index is 9.83. The van der Waals surface area contributed by atoms with E-state index in [9.17, 15) is 5.11 Å². The van der Waals surface area contributed by atoms with Gasteiger partial charge in [0.25, 0.3) is 0 Å². The van der Waals surface area contributed by atoms with E-state index in [1.165, 1.54) is 5.56 Å². The van der Waals surface area contributed by atoms with E-state index in [0.717, 1.165) is 11.1 Å². The molecule has 0 aliphatic carbocycles. The Morgan fingerprint density at radius 1 is 1.16 bits per heavy atom. The topological polar surface area (TPSA) is 29.5 Å². The molecule has 0 unspecified atom stereocenters. The van der Waals surface area contributed by atoms with E-state index in [4.69, 9.17) is 4.74 Å². The standard InChI is InChI=1S/C17H18O2/c1-3-5-15-16(18)6-4-7-17(15)19-12-14-10-8-13(2)9-11-14/h3-4,6-11,18H,1,5,12H2,2H3. The summed E-state index contributed by atoms with van der Waals surface area (Å²) in [5.74, 6) is 0.960. The van der Waals surface area contributed by atoms with Gasteiger partial charge in [-0.15, -0.1) is 6.58 Å². The van der Waals surface area contributed by atoms with Gasteiger partial charge in [-0.2, -0.15) is 0 Å². The highest BCUT2D eigenvalue weighted by Gasteiger charge is 2.07. The first-order valence-electron chi connectivity index (χ1n) is 6.31. The lowest BCUT2D eigenvalue weighted by atomic mass is 10.1. The normalized spacial score (nSPS) is 10.2. The highest BCUT2D eigenvalue weighted by molar-refractivity contribution is 5.45. The first-order chi connectivity index (χ1) is 9.20. The number of rotatable bonds is 5. The molecule has 2 heteroatoms. The molecule has 0 saturated carbocycles. The highest BCUT2D eigenvalue weighted by atomic mass is 16.5. The van der Waals surface area contributed by atoms with Gasteiger partial charge in [0.1, 0.15) is 18.1 Å². The molecule has 0 amide bonds. The summed E-state index contributed by atoms with van der Waals surface area (Å²) in [5, 5.41) is 9.83. The van der Waals surface area contributed by atoms with Crippen LogP contribution in [-0.4, -0.2) is 5.11 Å². The number of hydrogen-bond donors (Lipinski definition) is 1. The minimum absolute atomic E-state index is 0.251. The van der Waals surface area contributed by atoms with Gasteiger partial charge in [0.05, 0.1) is 0 Å². The van der Waals surface area contributed by atoms with Crippen molar-refractivity contribution >= 4 is 0 Å². The molecule has 98 valence electrons. The summed E-state index contributed by atoms with van der Waals surface area (Å²) in [6.07, 6.45) is 2.35. The van der Waals surface area contributed by atoms with E-state index in [1.807, 2.05) is 18.2 Å². The van der Waals surface area contributed by atoms with Crippen molar-refractivity contribution in [3.8, 4) is 11.5 Å². The molecular weight excluding hydrogens is 236 g/mol. The van der Waals surface area contributed by atoms with Crippen molar-refractivity contribution in [3.05, 3.63) is 71.8 Å². The lowest BCUT2D eigenvalue weighted by molar-refractivity contribution is 0.301. The summed E-state index contributed by atoms with van der Waals surface area (Å²) in [6.45, 7) is 6.25. The summed E-state index contributed by atoms with van der Waals surface area (Å²) in [7, 11) is 0. The molecule has 2 aromatic rings. The number of hydrogen-bond acceptors (Lipinski definition) is 2. The Bertz CT molecular complexity index is 556. The third kappa shape index (κ3) is 3.38. The van der Waals surface area contributed by atoms with Crippen LogP contribution >= 0.6 is 0 Å². The number of aryl methyl sites for hydroxylation is 1. The zero-order chi connectivity index (χ0) is 13.7. The summed E-state index contributed by atoms with van der Waals surface area (Å²) >= 11 is 0. The minimum atomic E-state index is 0.251. The fourth-order valence-corrected chi connectivity index (χ4v) is 1.88. The van der Waals surface area contributed by atoms with Crippen molar-refractivity contribution in [2.24, 2.45) is 0 Å². The van der Waals surface area contributed by atoms with Crippen molar-refractivity contribution in [3.63, 3.8) is 0 Å². The van der Waals surface area contributed by atoms with Crippen LogP contribution in [0.2, 0.25) is 0 Å². The van der Waals surface area contributed by atoms with Gasteiger partial charge >= 0.3 is 0 Å². The maximum Gasteiger partial charge on any atom is 0.127 e. The largest absolute Gasteiger partial charge is 0.508 e. The first-order valence-corrected chi connectivity index (χ1v) is 6.31. The van der Waals surface area contributed by atoms with Gasteiger partial charge in [0.2, 0.25) is 0 Å². The minimum Gasteiger partial charge on any atom is -0.508 e. The van der Waals surface area contributed by atoms with Crippen LogP contribution in [0.5, 0.6) is 11.5 Å². The van der Waals surface area contributed by atoms with Crippen LogP contribution < -0.4 is 4.74 Å². The molecule has 0 heterocycles. The lowest BCUT2D eigenvalue weighted by Gasteiger charge is -2.12. The molecule has 1 N–H and O–H groups in total. The quantitative estimate of drug-likeness (QED) is 0.817. The van der Waals surface area contributed by atoms with Crippen LogP contribution in [0.15, 0.2) is 55.1 Å². The molecule has 0 aromatic heterocycles. The van der Waals surface area contributed by atoms with E-state index in [0.29, 0.717) is 18.8 Å². The Balaban J connectivity index is 2.12. The first kappa shape index (κ1) is 13.2. The van der Waals surface area contributed by atoms with E-state index >= 15 is 0 Å². The molecular formula is C17H18O2. The number of benzene rings is 2. The fraction of sp³-hybridized carbons (Fsp3) is 0.176. The third-order valence-electron chi connectivity index (χ3n) is 2.97. The van der Waals surface area contributed by atoms with Crippen LogP contribution in [0.3, 0.4) is 0 Å². The average Bonchev–Trinajstić information content (AvgIpc) is 2.41. The van der Waals surface area contributed by atoms with Gasteiger partial charge in [-0.1, -0.05) is 42.0 Å². The Labute approximate surface area is 114 Å². The Morgan fingerprint density at radius 2 is 1.89 bits per heavy atom. The van der Waals surface area contributed by atoms with E-state index in [-0.39, 0.29) is 5.75 Å². The Kier molecular flexibility index (Phi) is 4.24. The second kappa shape index (κ2) is 6.10. The van der Waals surface area contributed by atoms with Crippen LogP contribution in [-0.2, 0) is 13.0 Å². The summed E-state index contributed by atoms with van der Waals surface area (Å²) in [5.41, 5.74) is 3.12. The second-order valence-corrected chi connectivity index (χ2v) is 4.52. The fourth-order valence-electron chi connectivity index (χ4n) is 1.88. The van der Waals surface area contributed by atoms with Crippen molar-refractivity contribution in [1.82, 2.24) is 0 Å². The molecule has 0 radical (unpaired) electrons. The molecule has 2 aromatic carbocycles. The number of ether oxygens (including phenoxy) is 1. The lowest BCUT2D eigenvalue weighted by Crippen LogP contribution is -1.98. The molecule has 0 atom stereocenters. The molecule has 19 heavy (non-hydrogen) atoms. The molecule has 0 fully saturated rings. The number of aromatic hydroxyl groups is 1. The molecule has 0 spiro atoms. The predicted molar refractivity (Wildman–Crippen MR) is 77.5 cm³/mol. The van der Waals surface area contributed by atoms with Gasteiger partial charge in [-0.05, 0) is 31.0 Å². The molecule has 0 saturated heterocycles. The van der Waals surface area contributed by atoms with E-state index in [1.54, 1.807) is 18.2 Å². The number of allylic oxidation sites excluding steroid dienone is 1. The van der Waals surface area contributed by atoms with Crippen molar-refractivity contribution in [2.45, 2.75) is 20.0 Å². The third-order valence-corrected chi connectivity index (χ3v) is 2.97. The van der Waals surface area contributed by atoms with E-state index < -0.39 is 0 Å². The summed E-state index contributed by atoms with van der Waals surface area (Å²) < 4.78 is 5.79. The van der Waals surface area contributed by atoms with Crippen LogP contribution in [0.1, 0.15) is 16.7 Å². The van der Waals surface area contributed by atoms with Crippen molar-refractivity contribution in [1.29, 1.82) is 0 Å². The second-order valence-electron chi connectivity index (χ2n) is 4.52. The van der Waals surface area contributed by atoms with Gasteiger partial charge in [-0.25, -0.2) is 0 Å². The average molecular weight is 254 g/mol. The van der Waals surface area contributed by atoms with Gasteiger partial charge in [0.15, 0.2) is 0 Å². The summed E-state index contributed by atoms with van der Waals surface area (Å²) in [6, 6.07) is 13.5. The van der Waals surface area contributed by atoms with E-state index in [2.05, 4.69) is 25.6 Å². The number of phenols is 1. The molecule has 2 rings (SSSR count). The molecule has 2 nitrogen and oxygen atoms in total. The zero-order valence-electron chi connectivity index (χ0n) is 11.1. The van der Waals surface area contributed by atoms with Crippen LogP contribution in [0, 0.1) is 6.92 Å². The number of phenolic OH excluding ortho intramolecular Hbond substituents is 1. The summed E-state index contributed by atoms with van der Waals surface area (Å²) in [4.78, 5) is 0. The Hall–Kier alpha value is -2.22. The SMILES string of the molecule is C=CCc1c(O)cccc1OCc1ccc(C)cc1. The van der Waals surface area contributed by atoms with Crippen molar-refractivity contribution in [2.75, 3.05) is 0 Å². The van der Waals surface area contributed by atoms with Crippen LogP contribution in [0.4, 0.5) is 0 Å². The van der Waals surface area contributed by atoms with Gasteiger partial charge < -0.3 is 9.84 Å². The highest BCUT2D eigenvalue weighted by Crippen LogP contribution is 2.28. The van der Waals surface area contributed by atoms with Crippen molar-refractivity contribution < 1.29 is 9.84 Å². The zero-order valence-corrected chi connectivity index (χ0v) is 11.1.